The van der Waals surface area contributed by atoms with Crippen LogP contribution in [0, 0.1) is 0 Å². The van der Waals surface area contributed by atoms with Crippen LogP contribution in [-0.4, -0.2) is 11.7 Å². The van der Waals surface area contributed by atoms with E-state index < -0.39 is 0 Å². The quantitative estimate of drug-likeness (QED) is 0.435. The van der Waals surface area contributed by atoms with Crippen molar-refractivity contribution in [3.63, 3.8) is 0 Å². The molecule has 0 saturated heterocycles. The van der Waals surface area contributed by atoms with E-state index in [0.29, 0.717) is 12.5 Å². The second kappa shape index (κ2) is 10.3. The number of thiophene rings is 1. The minimum atomic E-state index is 0.292. The lowest BCUT2D eigenvalue weighted by atomic mass is 9.99. The maximum atomic E-state index is 9.39. The van der Waals surface area contributed by atoms with Crippen LogP contribution in [0.25, 0.3) is 0 Å². The van der Waals surface area contributed by atoms with Crippen LogP contribution in [0.4, 0.5) is 0 Å². The van der Waals surface area contributed by atoms with Gasteiger partial charge in [0.15, 0.2) is 0 Å². The predicted octanol–water partition coefficient (Wildman–Crippen LogP) is 5.13. The molecular weight excluding hydrogens is 240 g/mol. The first-order valence-corrected chi connectivity index (χ1v) is 8.01. The Bertz CT molecular complexity index is 292. The van der Waals surface area contributed by atoms with Crippen LogP contribution in [0.1, 0.15) is 62.2 Å². The van der Waals surface area contributed by atoms with Crippen LogP contribution in [-0.2, 0) is 0 Å². The highest BCUT2D eigenvalue weighted by atomic mass is 32.1. The number of hydrogen-bond donors (Lipinski definition) is 1. The van der Waals surface area contributed by atoms with Crippen molar-refractivity contribution in [3.05, 3.63) is 35.0 Å². The summed E-state index contributed by atoms with van der Waals surface area (Å²) in [5.41, 5.74) is 0. The van der Waals surface area contributed by atoms with Crippen molar-refractivity contribution in [2.75, 3.05) is 6.61 Å². The molecule has 18 heavy (non-hydrogen) atoms. The van der Waals surface area contributed by atoms with Gasteiger partial charge in [-0.25, -0.2) is 0 Å². The molecule has 0 aromatic carbocycles. The Morgan fingerprint density at radius 2 is 1.89 bits per heavy atom. The van der Waals surface area contributed by atoms with Crippen molar-refractivity contribution in [1.82, 2.24) is 0 Å². The topological polar surface area (TPSA) is 20.2 Å². The summed E-state index contributed by atoms with van der Waals surface area (Å²) in [5.74, 6) is 0.366. The zero-order valence-electron chi connectivity index (χ0n) is 11.3. The zero-order chi connectivity index (χ0) is 13.1. The van der Waals surface area contributed by atoms with Gasteiger partial charge in [-0.15, -0.1) is 17.9 Å². The first-order chi connectivity index (χ1) is 8.88. The van der Waals surface area contributed by atoms with E-state index in [-0.39, 0.29) is 0 Å². The van der Waals surface area contributed by atoms with Gasteiger partial charge in [-0.2, -0.15) is 0 Å². The summed E-state index contributed by atoms with van der Waals surface area (Å²) >= 11 is 1.76. The fourth-order valence-electron chi connectivity index (χ4n) is 2.23. The van der Waals surface area contributed by atoms with Gasteiger partial charge in [-0.3, -0.25) is 0 Å². The molecule has 0 fully saturated rings. The molecule has 1 atom stereocenters. The van der Waals surface area contributed by atoms with Gasteiger partial charge in [-0.1, -0.05) is 44.2 Å². The van der Waals surface area contributed by atoms with E-state index in [2.05, 4.69) is 24.1 Å². The number of unbranched alkanes of at least 4 members (excludes halogenated alkanes) is 6. The van der Waals surface area contributed by atoms with Gasteiger partial charge in [0.05, 0.1) is 6.61 Å². The average molecular weight is 266 g/mol. The summed E-state index contributed by atoms with van der Waals surface area (Å²) < 4.78 is 0. The normalized spacial score (nSPS) is 12.5. The highest BCUT2D eigenvalue weighted by Gasteiger charge is 2.10. The maximum Gasteiger partial charge on any atom is 0.0507 e. The highest BCUT2D eigenvalue weighted by Crippen LogP contribution is 2.26. The summed E-state index contributed by atoms with van der Waals surface area (Å²) in [6, 6.07) is 4.21. The third-order valence-corrected chi connectivity index (χ3v) is 4.41. The van der Waals surface area contributed by atoms with Crippen LogP contribution >= 0.6 is 11.3 Å². The molecule has 0 saturated carbocycles. The minimum Gasteiger partial charge on any atom is -0.396 e. The molecule has 1 aromatic rings. The number of rotatable bonds is 11. The molecule has 0 radical (unpaired) electrons. The average Bonchev–Trinajstić information content (AvgIpc) is 2.91. The molecule has 1 heterocycles. The van der Waals surface area contributed by atoms with E-state index in [1.54, 1.807) is 11.3 Å². The van der Waals surface area contributed by atoms with Crippen molar-refractivity contribution in [3.8, 4) is 0 Å². The largest absolute Gasteiger partial charge is 0.396 e. The van der Waals surface area contributed by atoms with Crippen LogP contribution in [0.15, 0.2) is 30.2 Å². The lowest BCUT2D eigenvalue weighted by Gasteiger charge is -2.11. The summed E-state index contributed by atoms with van der Waals surface area (Å²) in [6.45, 7) is 4.03. The molecule has 0 aliphatic carbocycles. The standard InChI is InChI=1S/C16H26OS/c1-2-3-4-5-6-7-8-9-11-15(14-17)16-12-10-13-18-16/h2,10,12-13,15,17H,1,3-9,11,14H2. The Hall–Kier alpha value is -0.600. The molecule has 1 N–H and O–H groups in total. The Morgan fingerprint density at radius 1 is 1.17 bits per heavy atom. The molecule has 1 aromatic heterocycles. The lowest BCUT2D eigenvalue weighted by molar-refractivity contribution is 0.258. The van der Waals surface area contributed by atoms with Gasteiger partial charge in [-0.05, 0) is 30.7 Å². The lowest BCUT2D eigenvalue weighted by Crippen LogP contribution is -2.01. The first-order valence-electron chi connectivity index (χ1n) is 7.13. The summed E-state index contributed by atoms with van der Waals surface area (Å²) in [4.78, 5) is 1.34. The van der Waals surface area contributed by atoms with Crippen LogP contribution < -0.4 is 0 Å². The minimum absolute atomic E-state index is 0.292. The van der Waals surface area contributed by atoms with E-state index in [0.717, 1.165) is 12.8 Å². The summed E-state index contributed by atoms with van der Waals surface area (Å²) in [5, 5.41) is 11.5. The molecule has 0 amide bonds. The number of aliphatic hydroxyl groups is 1. The highest BCUT2D eigenvalue weighted by molar-refractivity contribution is 7.10. The van der Waals surface area contributed by atoms with Gasteiger partial charge >= 0.3 is 0 Å². The molecule has 0 aliphatic rings. The van der Waals surface area contributed by atoms with Gasteiger partial charge in [0.1, 0.15) is 0 Å². The molecule has 0 spiro atoms. The number of aliphatic hydroxyl groups excluding tert-OH is 1. The monoisotopic (exact) mass is 266 g/mol. The molecule has 1 nitrogen and oxygen atoms in total. The van der Waals surface area contributed by atoms with Crippen LogP contribution in [0.2, 0.25) is 0 Å². The van der Waals surface area contributed by atoms with Gasteiger partial charge < -0.3 is 5.11 Å². The second-order valence-electron chi connectivity index (χ2n) is 4.88. The SMILES string of the molecule is C=CCCCCCCCCC(CO)c1cccs1. The fourth-order valence-corrected chi connectivity index (χ4v) is 3.09. The van der Waals surface area contributed by atoms with E-state index >= 15 is 0 Å². The van der Waals surface area contributed by atoms with Crippen molar-refractivity contribution in [1.29, 1.82) is 0 Å². The van der Waals surface area contributed by atoms with E-state index in [1.165, 1.54) is 43.4 Å². The Morgan fingerprint density at radius 3 is 2.50 bits per heavy atom. The van der Waals surface area contributed by atoms with Crippen LogP contribution in [0.5, 0.6) is 0 Å². The van der Waals surface area contributed by atoms with Crippen molar-refractivity contribution in [2.45, 2.75) is 57.3 Å². The fraction of sp³-hybridized carbons (Fsp3) is 0.625. The van der Waals surface area contributed by atoms with Gasteiger partial charge in [0.25, 0.3) is 0 Å². The molecule has 102 valence electrons. The maximum absolute atomic E-state index is 9.39. The van der Waals surface area contributed by atoms with E-state index in [4.69, 9.17) is 0 Å². The van der Waals surface area contributed by atoms with Crippen molar-refractivity contribution in [2.24, 2.45) is 0 Å². The number of hydrogen-bond acceptors (Lipinski definition) is 2. The Labute approximate surface area is 116 Å². The summed E-state index contributed by atoms with van der Waals surface area (Å²) in [6.07, 6.45) is 12.1. The molecule has 0 bridgehead atoms. The molecular formula is C16H26OS. The smallest absolute Gasteiger partial charge is 0.0507 e. The molecule has 2 heteroatoms. The molecule has 1 unspecified atom stereocenters. The number of allylic oxidation sites excluding steroid dienone is 1. The predicted molar refractivity (Wildman–Crippen MR) is 81.3 cm³/mol. The Balaban J connectivity index is 2.01. The second-order valence-corrected chi connectivity index (χ2v) is 5.86. The van der Waals surface area contributed by atoms with E-state index in [9.17, 15) is 5.11 Å². The summed E-state index contributed by atoms with van der Waals surface area (Å²) in [7, 11) is 0. The van der Waals surface area contributed by atoms with E-state index in [1.807, 2.05) is 6.08 Å². The third-order valence-electron chi connectivity index (χ3n) is 3.38. The zero-order valence-corrected chi connectivity index (χ0v) is 12.1. The van der Waals surface area contributed by atoms with Crippen molar-refractivity contribution >= 4 is 11.3 Å². The van der Waals surface area contributed by atoms with Crippen LogP contribution in [0.3, 0.4) is 0 Å². The Kier molecular flexibility index (Phi) is 8.87. The van der Waals surface area contributed by atoms with Gasteiger partial charge in [0, 0.05) is 10.8 Å². The first kappa shape index (κ1) is 15.5. The molecule has 1 rings (SSSR count). The third kappa shape index (κ3) is 6.36. The molecule has 0 aliphatic heterocycles. The van der Waals surface area contributed by atoms with Gasteiger partial charge in [0.2, 0.25) is 0 Å². The van der Waals surface area contributed by atoms with Crippen molar-refractivity contribution < 1.29 is 5.11 Å².